The van der Waals surface area contributed by atoms with Crippen molar-refractivity contribution in [1.82, 2.24) is 0 Å². The van der Waals surface area contributed by atoms with Gasteiger partial charge < -0.3 is 14.6 Å². The molecule has 0 aliphatic heterocycles. The minimum absolute atomic E-state index is 0.201. The van der Waals surface area contributed by atoms with Gasteiger partial charge in [-0.2, -0.15) is 5.10 Å². The van der Waals surface area contributed by atoms with Crippen LogP contribution in [0.5, 0.6) is 11.5 Å². The summed E-state index contributed by atoms with van der Waals surface area (Å²) in [5.74, 6) is -0.683. The Balaban J connectivity index is 1.72. The number of aryl methyl sites for hydroxylation is 1. The van der Waals surface area contributed by atoms with Crippen LogP contribution in [0.3, 0.4) is 0 Å². The maximum atomic E-state index is 12.5. The largest absolute Gasteiger partial charge is 0.490 e. The number of carbonyl (C=O) groups is 2. The topological polar surface area (TPSA) is 97.2 Å². The molecule has 3 aromatic rings. The van der Waals surface area contributed by atoms with Crippen molar-refractivity contribution < 1.29 is 24.2 Å². The molecule has 31 heavy (non-hydrogen) atoms. The van der Waals surface area contributed by atoms with Gasteiger partial charge in [0.2, 0.25) is 0 Å². The molecule has 0 saturated heterocycles. The monoisotopic (exact) mass is 418 g/mol. The molecule has 7 heteroatoms. The van der Waals surface area contributed by atoms with E-state index < -0.39 is 11.9 Å². The van der Waals surface area contributed by atoms with Gasteiger partial charge in [-0.3, -0.25) is 5.43 Å². The van der Waals surface area contributed by atoms with E-state index in [9.17, 15) is 9.59 Å². The van der Waals surface area contributed by atoms with Crippen molar-refractivity contribution >= 4 is 23.8 Å². The Hall–Kier alpha value is -4.13. The summed E-state index contributed by atoms with van der Waals surface area (Å²) in [6.07, 6.45) is 1.58. The number of nitrogens with zero attached hydrogens (tertiary/aromatic N) is 1. The number of carbonyl (C=O) groups excluding carboxylic acids is 1. The lowest BCUT2D eigenvalue weighted by Gasteiger charge is -2.12. The molecular weight excluding hydrogens is 396 g/mol. The molecule has 0 radical (unpaired) electrons. The van der Waals surface area contributed by atoms with Crippen LogP contribution in [0.2, 0.25) is 0 Å². The Morgan fingerprint density at radius 3 is 2.45 bits per heavy atom. The number of hydrogen-bond donors (Lipinski definition) is 2. The second-order valence-corrected chi connectivity index (χ2v) is 6.60. The first-order valence-corrected chi connectivity index (χ1v) is 9.65. The Morgan fingerprint density at radius 2 is 1.77 bits per heavy atom. The zero-order valence-electron chi connectivity index (χ0n) is 17.2. The van der Waals surface area contributed by atoms with Crippen LogP contribution in [-0.4, -0.2) is 29.9 Å². The van der Waals surface area contributed by atoms with Crippen molar-refractivity contribution in [2.75, 3.05) is 12.0 Å². The molecule has 0 aliphatic rings. The molecule has 2 N–H and O–H groups in total. The van der Waals surface area contributed by atoms with Gasteiger partial charge in [-0.05, 0) is 73.5 Å². The third-order valence-electron chi connectivity index (χ3n) is 4.37. The maximum absolute atomic E-state index is 12.5. The van der Waals surface area contributed by atoms with E-state index in [2.05, 4.69) is 10.5 Å². The van der Waals surface area contributed by atoms with Crippen LogP contribution in [0.25, 0.3) is 0 Å². The van der Waals surface area contributed by atoms with Gasteiger partial charge in [0.15, 0.2) is 11.5 Å². The van der Waals surface area contributed by atoms with E-state index in [1.807, 2.05) is 26.0 Å². The van der Waals surface area contributed by atoms with Crippen molar-refractivity contribution in [3.8, 4) is 11.5 Å². The molecule has 0 saturated carbocycles. The second kappa shape index (κ2) is 10.1. The van der Waals surface area contributed by atoms with E-state index in [4.69, 9.17) is 14.6 Å². The SMILES string of the molecule is CCOc1cc(/C=N/Nc2ccc(C(=O)O)cc2)ccc1OC(=O)c1ccccc1C. The number of rotatable bonds is 8. The summed E-state index contributed by atoms with van der Waals surface area (Å²) >= 11 is 0. The number of aromatic carboxylic acids is 1. The third-order valence-corrected chi connectivity index (χ3v) is 4.37. The molecule has 0 fully saturated rings. The fourth-order valence-electron chi connectivity index (χ4n) is 2.78. The van der Waals surface area contributed by atoms with Crippen LogP contribution in [-0.2, 0) is 0 Å². The quantitative estimate of drug-likeness (QED) is 0.237. The summed E-state index contributed by atoms with van der Waals surface area (Å²) in [4.78, 5) is 23.4. The van der Waals surface area contributed by atoms with Gasteiger partial charge in [-0.25, -0.2) is 9.59 Å². The lowest BCUT2D eigenvalue weighted by Crippen LogP contribution is -2.11. The molecule has 0 aromatic heterocycles. The molecule has 0 spiro atoms. The fourth-order valence-corrected chi connectivity index (χ4v) is 2.78. The number of carboxylic acids is 1. The molecule has 7 nitrogen and oxygen atoms in total. The van der Waals surface area contributed by atoms with Crippen LogP contribution < -0.4 is 14.9 Å². The number of nitrogens with one attached hydrogen (secondary N) is 1. The lowest BCUT2D eigenvalue weighted by atomic mass is 10.1. The van der Waals surface area contributed by atoms with Crippen molar-refractivity contribution in [3.05, 3.63) is 89.0 Å². The molecule has 158 valence electrons. The summed E-state index contributed by atoms with van der Waals surface area (Å²) in [5.41, 5.74) is 5.74. The zero-order valence-corrected chi connectivity index (χ0v) is 17.2. The van der Waals surface area contributed by atoms with E-state index in [0.29, 0.717) is 29.4 Å². The van der Waals surface area contributed by atoms with Crippen LogP contribution >= 0.6 is 0 Å². The number of hydrogen-bond acceptors (Lipinski definition) is 6. The Labute approximate surface area is 179 Å². The normalized spacial score (nSPS) is 10.6. The number of anilines is 1. The van der Waals surface area contributed by atoms with E-state index in [1.54, 1.807) is 48.7 Å². The highest BCUT2D eigenvalue weighted by atomic mass is 16.6. The minimum atomic E-state index is -0.985. The smallest absolute Gasteiger partial charge is 0.343 e. The molecule has 0 atom stereocenters. The summed E-state index contributed by atoms with van der Waals surface area (Å²) in [5, 5.41) is 13.1. The maximum Gasteiger partial charge on any atom is 0.343 e. The number of hydrazone groups is 1. The highest BCUT2D eigenvalue weighted by Crippen LogP contribution is 2.29. The van der Waals surface area contributed by atoms with Crippen molar-refractivity contribution in [2.24, 2.45) is 5.10 Å². The second-order valence-electron chi connectivity index (χ2n) is 6.60. The first-order chi connectivity index (χ1) is 15.0. The molecule has 0 heterocycles. The zero-order chi connectivity index (χ0) is 22.2. The van der Waals surface area contributed by atoms with Gasteiger partial charge in [0.25, 0.3) is 0 Å². The average molecular weight is 418 g/mol. The summed E-state index contributed by atoms with van der Waals surface area (Å²) in [7, 11) is 0. The van der Waals surface area contributed by atoms with Crippen molar-refractivity contribution in [3.63, 3.8) is 0 Å². The van der Waals surface area contributed by atoms with Gasteiger partial charge >= 0.3 is 11.9 Å². The number of ether oxygens (including phenoxy) is 2. The van der Waals surface area contributed by atoms with Crippen LogP contribution in [0.4, 0.5) is 5.69 Å². The molecule has 3 rings (SSSR count). The highest BCUT2D eigenvalue weighted by Gasteiger charge is 2.14. The fraction of sp³-hybridized carbons (Fsp3) is 0.125. The molecular formula is C24H22N2O5. The standard InChI is InChI=1S/C24H22N2O5/c1-3-30-22-14-17(15-25-26-19-11-9-18(10-12-19)23(27)28)8-13-21(22)31-24(29)20-7-5-4-6-16(20)2/h4-15,26H,3H2,1-2H3,(H,27,28)/b25-15+. The van der Waals surface area contributed by atoms with Gasteiger partial charge in [-0.15, -0.1) is 0 Å². The number of carboxylic acid groups (broad SMARTS) is 1. The summed E-state index contributed by atoms with van der Waals surface area (Å²) in [6.45, 7) is 4.10. The predicted octanol–water partition coefficient (Wildman–Crippen LogP) is 4.76. The average Bonchev–Trinajstić information content (AvgIpc) is 2.76. The van der Waals surface area contributed by atoms with Crippen LogP contribution in [0.1, 0.15) is 38.8 Å². The van der Waals surface area contributed by atoms with Gasteiger partial charge in [0.1, 0.15) is 0 Å². The van der Waals surface area contributed by atoms with E-state index in [1.165, 1.54) is 12.1 Å². The molecule has 0 aliphatic carbocycles. The van der Waals surface area contributed by atoms with Crippen LogP contribution in [0, 0.1) is 6.92 Å². The van der Waals surface area contributed by atoms with Crippen molar-refractivity contribution in [1.29, 1.82) is 0 Å². The third kappa shape index (κ3) is 5.70. The number of esters is 1. The predicted molar refractivity (Wildman–Crippen MR) is 118 cm³/mol. The molecule has 0 bridgehead atoms. The molecule has 3 aromatic carbocycles. The van der Waals surface area contributed by atoms with E-state index in [-0.39, 0.29) is 5.56 Å². The Morgan fingerprint density at radius 1 is 1.03 bits per heavy atom. The summed E-state index contributed by atoms with van der Waals surface area (Å²) in [6, 6.07) is 18.6. The van der Waals surface area contributed by atoms with Gasteiger partial charge in [-0.1, -0.05) is 18.2 Å². The first-order valence-electron chi connectivity index (χ1n) is 9.65. The molecule has 0 amide bonds. The first kappa shape index (κ1) is 21.6. The Kier molecular flexibility index (Phi) is 7.01. The summed E-state index contributed by atoms with van der Waals surface area (Å²) < 4.78 is 11.2. The number of benzene rings is 3. The minimum Gasteiger partial charge on any atom is -0.490 e. The van der Waals surface area contributed by atoms with E-state index >= 15 is 0 Å². The van der Waals surface area contributed by atoms with Crippen molar-refractivity contribution in [2.45, 2.75) is 13.8 Å². The van der Waals surface area contributed by atoms with Gasteiger partial charge in [0.05, 0.1) is 29.6 Å². The van der Waals surface area contributed by atoms with Gasteiger partial charge in [0, 0.05) is 0 Å². The van der Waals surface area contributed by atoms with Crippen LogP contribution in [0.15, 0.2) is 71.8 Å². The Bertz CT molecular complexity index is 1110. The van der Waals surface area contributed by atoms with E-state index in [0.717, 1.165) is 11.1 Å². The lowest BCUT2D eigenvalue weighted by molar-refractivity contribution is 0.0694. The molecule has 0 unspecified atom stereocenters. The highest BCUT2D eigenvalue weighted by molar-refractivity contribution is 5.93.